The van der Waals surface area contributed by atoms with Gasteiger partial charge in [-0.25, -0.2) is 0 Å². The fraction of sp³-hybridized carbons (Fsp3) is 0.476. The van der Waals surface area contributed by atoms with Gasteiger partial charge in [-0.3, -0.25) is 19.7 Å². The van der Waals surface area contributed by atoms with E-state index in [1.54, 1.807) is 13.1 Å². The summed E-state index contributed by atoms with van der Waals surface area (Å²) in [5.74, 6) is 0.152. The Kier molecular flexibility index (Phi) is 7.51. The first-order chi connectivity index (χ1) is 14.1. The fourth-order valence-corrected chi connectivity index (χ4v) is 3.39. The van der Waals surface area contributed by atoms with Crippen molar-refractivity contribution in [1.29, 1.82) is 0 Å². The van der Waals surface area contributed by atoms with Crippen LogP contribution in [0, 0.1) is 0 Å². The van der Waals surface area contributed by atoms with Crippen LogP contribution in [0.25, 0.3) is 0 Å². The molecule has 1 aromatic rings. The van der Waals surface area contributed by atoms with E-state index in [-0.39, 0.29) is 18.3 Å². The van der Waals surface area contributed by atoms with E-state index < -0.39 is 12.0 Å². The number of hydrogen-bond acceptors (Lipinski definition) is 6. The summed E-state index contributed by atoms with van der Waals surface area (Å²) in [4.78, 5) is 22.5. The van der Waals surface area contributed by atoms with Gasteiger partial charge in [0.1, 0.15) is 11.5 Å². The van der Waals surface area contributed by atoms with Crippen LogP contribution in [-0.2, 0) is 22.5 Å². The van der Waals surface area contributed by atoms with Crippen LogP contribution >= 0.6 is 0 Å². The molecule has 0 aliphatic carbocycles. The number of amidine groups is 1. The number of nitrogens with one attached hydrogen (secondary N) is 2. The van der Waals surface area contributed by atoms with E-state index in [2.05, 4.69) is 50.4 Å². The molecule has 8 heteroatoms. The smallest absolute Gasteiger partial charge is 0.270 e. The van der Waals surface area contributed by atoms with Crippen LogP contribution in [0.15, 0.2) is 46.0 Å². The molecule has 1 saturated heterocycles. The average molecular weight is 399 g/mol. The van der Waals surface area contributed by atoms with Crippen LogP contribution in [0.2, 0.25) is 0 Å². The normalized spacial score (nSPS) is 19.1. The molecule has 0 spiro atoms. The van der Waals surface area contributed by atoms with E-state index in [1.807, 2.05) is 6.07 Å². The molecule has 3 N–H and O–H groups in total. The number of aliphatic hydroxyl groups excluding tert-OH is 1. The van der Waals surface area contributed by atoms with Gasteiger partial charge in [-0.1, -0.05) is 24.3 Å². The van der Waals surface area contributed by atoms with Crippen molar-refractivity contribution >= 4 is 18.5 Å². The number of rotatable bonds is 8. The van der Waals surface area contributed by atoms with Gasteiger partial charge >= 0.3 is 0 Å². The maximum Gasteiger partial charge on any atom is 0.270 e. The molecular formula is C21H29N5O3. The maximum absolute atomic E-state index is 12.4. The van der Waals surface area contributed by atoms with Gasteiger partial charge in [0.15, 0.2) is 0 Å². The molecule has 0 unspecified atom stereocenters. The molecule has 0 saturated carbocycles. The summed E-state index contributed by atoms with van der Waals surface area (Å²) in [6, 6.07) is 8.56. The molecule has 156 valence electrons. The first kappa shape index (κ1) is 21.2. The number of aliphatic hydroxyl groups is 1. The number of nitrogens with zero attached hydrogens (tertiary/aromatic N) is 3. The number of fused-ring (bicyclic) bond motifs is 1. The van der Waals surface area contributed by atoms with Crippen molar-refractivity contribution < 1.29 is 14.6 Å². The molecule has 29 heavy (non-hydrogen) atoms. The lowest BCUT2D eigenvalue weighted by Gasteiger charge is -2.30. The Hall–Kier alpha value is -2.55. The highest BCUT2D eigenvalue weighted by molar-refractivity contribution is 6.03. The largest absolute Gasteiger partial charge is 0.390 e. The summed E-state index contributed by atoms with van der Waals surface area (Å²) in [5.41, 5.74) is 2.82. The number of carbonyl (C=O) groups excluding carboxylic acids is 1. The van der Waals surface area contributed by atoms with Crippen LogP contribution in [0.5, 0.6) is 0 Å². The van der Waals surface area contributed by atoms with Gasteiger partial charge in [0.05, 0.1) is 25.4 Å². The molecule has 8 nitrogen and oxygen atoms in total. The van der Waals surface area contributed by atoms with E-state index in [0.29, 0.717) is 25.6 Å². The fourth-order valence-electron chi connectivity index (χ4n) is 3.39. The first-order valence-electron chi connectivity index (χ1n) is 9.84. The van der Waals surface area contributed by atoms with E-state index in [4.69, 9.17) is 4.74 Å². The minimum atomic E-state index is -0.667. The van der Waals surface area contributed by atoms with Crippen LogP contribution < -0.4 is 10.6 Å². The lowest BCUT2D eigenvalue weighted by atomic mass is 10.00. The van der Waals surface area contributed by atoms with Gasteiger partial charge in [-0.2, -0.15) is 0 Å². The number of carbonyl (C=O) groups is 1. The lowest BCUT2D eigenvalue weighted by molar-refractivity contribution is -0.118. The molecule has 0 aromatic heterocycles. The third kappa shape index (κ3) is 5.96. The molecular weight excluding hydrogens is 370 g/mol. The van der Waals surface area contributed by atoms with Gasteiger partial charge in [0.2, 0.25) is 0 Å². The van der Waals surface area contributed by atoms with Crippen LogP contribution in [-0.4, -0.2) is 80.5 Å². The van der Waals surface area contributed by atoms with Crippen molar-refractivity contribution in [3.63, 3.8) is 0 Å². The second-order valence-electron chi connectivity index (χ2n) is 7.29. The molecule has 0 bridgehead atoms. The van der Waals surface area contributed by atoms with Crippen LogP contribution in [0.1, 0.15) is 11.1 Å². The molecule has 1 fully saturated rings. The standard InChI is InChI=1S/C21H29N5O3/c1-22-19(9-20(23-2)25-17-13-29-14-17)21(28)24-10-18(27)12-26-8-7-15-5-3-4-6-16(15)11-26/h3-6,9,17-18,27H,1,7-8,10-14H2,2H3,(H,23,25)(H,24,28)/b19-9-/t18-/m0/s1. The SMILES string of the molecule is C=N/C(=C\C(=N/C)NC1COC1)C(=O)NC[C@H](O)CN1CCc2ccccc2C1. The Bertz CT molecular complexity index is 788. The van der Waals surface area contributed by atoms with Gasteiger partial charge in [-0.15, -0.1) is 0 Å². The maximum atomic E-state index is 12.4. The van der Waals surface area contributed by atoms with Crippen molar-refractivity contribution in [3.8, 4) is 0 Å². The molecule has 1 amide bonds. The van der Waals surface area contributed by atoms with E-state index in [9.17, 15) is 9.90 Å². The number of amides is 1. The summed E-state index contributed by atoms with van der Waals surface area (Å²) < 4.78 is 5.12. The topological polar surface area (TPSA) is 98.5 Å². The Morgan fingerprint density at radius 1 is 1.41 bits per heavy atom. The number of ether oxygens (including phenoxy) is 1. The third-order valence-corrected chi connectivity index (χ3v) is 5.08. The first-order valence-corrected chi connectivity index (χ1v) is 9.84. The van der Waals surface area contributed by atoms with Gasteiger partial charge < -0.3 is 20.5 Å². The summed E-state index contributed by atoms with van der Waals surface area (Å²) in [6.45, 7) is 7.05. The van der Waals surface area contributed by atoms with Crippen molar-refractivity contribution in [2.24, 2.45) is 9.98 Å². The average Bonchev–Trinajstić information content (AvgIpc) is 2.71. The Morgan fingerprint density at radius 3 is 2.83 bits per heavy atom. The highest BCUT2D eigenvalue weighted by Gasteiger charge is 2.21. The van der Waals surface area contributed by atoms with Gasteiger partial charge in [0.25, 0.3) is 5.91 Å². The summed E-state index contributed by atoms with van der Waals surface area (Å²) >= 11 is 0. The minimum Gasteiger partial charge on any atom is -0.390 e. The predicted octanol–water partition coefficient (Wildman–Crippen LogP) is 0.123. The molecule has 1 aromatic carbocycles. The van der Waals surface area contributed by atoms with Crippen molar-refractivity contribution in [2.75, 3.05) is 39.9 Å². The zero-order valence-corrected chi connectivity index (χ0v) is 16.8. The zero-order chi connectivity index (χ0) is 20.6. The Balaban J connectivity index is 1.47. The predicted molar refractivity (Wildman–Crippen MR) is 113 cm³/mol. The molecule has 0 radical (unpaired) electrons. The molecule has 2 aliphatic heterocycles. The highest BCUT2D eigenvalue weighted by Crippen LogP contribution is 2.18. The van der Waals surface area contributed by atoms with E-state index in [1.165, 1.54) is 11.1 Å². The second kappa shape index (κ2) is 10.3. The zero-order valence-electron chi connectivity index (χ0n) is 16.8. The van der Waals surface area contributed by atoms with Crippen molar-refractivity contribution in [2.45, 2.75) is 25.1 Å². The third-order valence-electron chi connectivity index (χ3n) is 5.08. The van der Waals surface area contributed by atoms with Crippen LogP contribution in [0.3, 0.4) is 0 Å². The number of benzene rings is 1. The van der Waals surface area contributed by atoms with Gasteiger partial charge in [-0.05, 0) is 24.3 Å². The molecule has 2 heterocycles. The number of aliphatic imine (C=N–C) groups is 2. The quantitative estimate of drug-likeness (QED) is 0.328. The lowest BCUT2D eigenvalue weighted by Crippen LogP contribution is -2.48. The van der Waals surface area contributed by atoms with Crippen LogP contribution in [0.4, 0.5) is 0 Å². The van der Waals surface area contributed by atoms with Crippen molar-refractivity contribution in [3.05, 3.63) is 47.2 Å². The monoisotopic (exact) mass is 399 g/mol. The van der Waals surface area contributed by atoms with Crippen molar-refractivity contribution in [1.82, 2.24) is 15.5 Å². The summed E-state index contributed by atoms with van der Waals surface area (Å²) in [5, 5.41) is 16.3. The second-order valence-corrected chi connectivity index (χ2v) is 7.29. The Morgan fingerprint density at radius 2 is 2.17 bits per heavy atom. The summed E-state index contributed by atoms with van der Waals surface area (Å²) in [7, 11) is 1.64. The Labute approximate surface area is 171 Å². The van der Waals surface area contributed by atoms with E-state index in [0.717, 1.165) is 19.5 Å². The van der Waals surface area contributed by atoms with E-state index >= 15 is 0 Å². The number of hydrogen-bond donors (Lipinski definition) is 3. The van der Waals surface area contributed by atoms with Gasteiger partial charge in [0, 0.05) is 39.3 Å². The molecule has 3 rings (SSSR count). The highest BCUT2D eigenvalue weighted by atomic mass is 16.5. The molecule has 2 aliphatic rings. The molecule has 1 atom stereocenters. The number of β-amino-alcohol motifs (C(OH)–C–C–N with tert-alkyl or cyclic N) is 1. The minimum absolute atomic E-state index is 0.145. The summed E-state index contributed by atoms with van der Waals surface area (Å²) in [6.07, 6.45) is 1.86.